The van der Waals surface area contributed by atoms with E-state index in [2.05, 4.69) is 0 Å². The van der Waals surface area contributed by atoms with Gasteiger partial charge in [-0.25, -0.2) is 0 Å². The van der Waals surface area contributed by atoms with Crippen LogP contribution in [0.5, 0.6) is 11.5 Å². The maximum absolute atomic E-state index is 11.1. The first kappa shape index (κ1) is 12.4. The van der Waals surface area contributed by atoms with E-state index in [4.69, 9.17) is 10.5 Å². The summed E-state index contributed by atoms with van der Waals surface area (Å²) in [4.78, 5) is 11.1. The Morgan fingerprint density at radius 2 is 2.28 bits per heavy atom. The number of rotatable bonds is 4. The number of ether oxygens (including phenoxy) is 1. The summed E-state index contributed by atoms with van der Waals surface area (Å²) >= 11 is 1.60. The number of carbonyl (C=O) groups excluding carboxylic acids is 1. The van der Waals surface area contributed by atoms with E-state index in [1.807, 2.05) is 16.8 Å². The Kier molecular flexibility index (Phi) is 3.53. The normalized spacial score (nSPS) is 10.3. The monoisotopic (exact) mass is 263 g/mol. The molecule has 4 nitrogen and oxygen atoms in total. The fourth-order valence-electron chi connectivity index (χ4n) is 1.68. The number of hydrogen-bond donors (Lipinski definition) is 2. The van der Waals surface area contributed by atoms with Crippen LogP contribution in [0.2, 0.25) is 0 Å². The van der Waals surface area contributed by atoms with Crippen molar-refractivity contribution in [2.45, 2.75) is 13.5 Å². The van der Waals surface area contributed by atoms with Gasteiger partial charge in [0.2, 0.25) is 0 Å². The molecule has 0 spiro atoms. The number of hydrogen-bond acceptors (Lipinski definition) is 4. The highest BCUT2D eigenvalue weighted by Crippen LogP contribution is 2.27. The molecule has 3 N–H and O–H groups in total. The van der Waals surface area contributed by atoms with Gasteiger partial charge in [-0.15, -0.1) is 0 Å². The summed E-state index contributed by atoms with van der Waals surface area (Å²) < 4.78 is 5.54. The molecule has 1 aromatic carbocycles. The van der Waals surface area contributed by atoms with E-state index in [0.717, 1.165) is 5.56 Å². The van der Waals surface area contributed by atoms with E-state index in [0.29, 0.717) is 17.9 Å². The topological polar surface area (TPSA) is 72.6 Å². The Morgan fingerprint density at radius 1 is 1.50 bits per heavy atom. The highest BCUT2D eigenvalue weighted by molar-refractivity contribution is 7.07. The van der Waals surface area contributed by atoms with Gasteiger partial charge in [0.05, 0.1) is 5.56 Å². The number of phenols is 1. The van der Waals surface area contributed by atoms with Crippen LogP contribution in [0, 0.1) is 6.92 Å². The second kappa shape index (κ2) is 5.10. The van der Waals surface area contributed by atoms with E-state index in [1.165, 1.54) is 6.07 Å². The molecule has 94 valence electrons. The van der Waals surface area contributed by atoms with Crippen molar-refractivity contribution in [2.24, 2.45) is 5.73 Å². The van der Waals surface area contributed by atoms with Crippen LogP contribution in [0.15, 0.2) is 29.0 Å². The van der Waals surface area contributed by atoms with Crippen LogP contribution in [-0.4, -0.2) is 11.0 Å². The lowest BCUT2D eigenvalue weighted by molar-refractivity contribution is 0.0997. The molecular formula is C13H13NO3S. The van der Waals surface area contributed by atoms with Gasteiger partial charge in [0.25, 0.3) is 5.91 Å². The summed E-state index contributed by atoms with van der Waals surface area (Å²) in [6.45, 7) is 2.13. The van der Waals surface area contributed by atoms with E-state index >= 15 is 0 Å². The summed E-state index contributed by atoms with van der Waals surface area (Å²) in [6.07, 6.45) is 0. The molecule has 2 rings (SSSR count). The van der Waals surface area contributed by atoms with Gasteiger partial charge < -0.3 is 15.6 Å². The van der Waals surface area contributed by atoms with Gasteiger partial charge in [-0.3, -0.25) is 4.79 Å². The molecule has 0 unspecified atom stereocenters. The molecule has 0 fully saturated rings. The largest absolute Gasteiger partial charge is 0.507 e. The van der Waals surface area contributed by atoms with Crippen LogP contribution in [0.25, 0.3) is 0 Å². The zero-order valence-electron chi connectivity index (χ0n) is 9.84. The Bertz CT molecular complexity index is 541. The maximum Gasteiger partial charge on any atom is 0.252 e. The summed E-state index contributed by atoms with van der Waals surface area (Å²) in [5, 5.41) is 13.7. The van der Waals surface area contributed by atoms with Crippen molar-refractivity contribution in [1.29, 1.82) is 0 Å². The van der Waals surface area contributed by atoms with Crippen molar-refractivity contribution in [2.75, 3.05) is 0 Å². The third-order valence-corrected chi connectivity index (χ3v) is 3.25. The SMILES string of the molecule is Cc1cc(OCc2ccsc2)cc(O)c1C(N)=O. The molecular weight excluding hydrogens is 250 g/mol. The lowest BCUT2D eigenvalue weighted by Gasteiger charge is -2.10. The van der Waals surface area contributed by atoms with Gasteiger partial charge in [0.1, 0.15) is 18.1 Å². The molecule has 1 amide bonds. The molecule has 0 radical (unpaired) electrons. The molecule has 0 aliphatic heterocycles. The lowest BCUT2D eigenvalue weighted by Crippen LogP contribution is -2.13. The number of aryl methyl sites for hydroxylation is 1. The van der Waals surface area contributed by atoms with Gasteiger partial charge in [-0.2, -0.15) is 11.3 Å². The van der Waals surface area contributed by atoms with Gasteiger partial charge in [0, 0.05) is 6.07 Å². The molecule has 2 aromatic rings. The Morgan fingerprint density at radius 3 is 2.83 bits per heavy atom. The average molecular weight is 263 g/mol. The van der Waals surface area contributed by atoms with Crippen LogP contribution in [0.4, 0.5) is 0 Å². The highest BCUT2D eigenvalue weighted by atomic mass is 32.1. The number of benzene rings is 1. The van der Waals surface area contributed by atoms with Crippen molar-refractivity contribution in [1.82, 2.24) is 0 Å². The summed E-state index contributed by atoms with van der Waals surface area (Å²) in [5.74, 6) is -0.279. The molecule has 0 saturated carbocycles. The second-order valence-electron chi connectivity index (χ2n) is 3.92. The van der Waals surface area contributed by atoms with Crippen LogP contribution >= 0.6 is 11.3 Å². The molecule has 0 aliphatic carbocycles. The molecule has 1 aromatic heterocycles. The quantitative estimate of drug-likeness (QED) is 0.889. The van der Waals surface area contributed by atoms with Crippen molar-refractivity contribution in [3.63, 3.8) is 0 Å². The number of aromatic hydroxyl groups is 1. The van der Waals surface area contributed by atoms with Crippen molar-refractivity contribution in [3.05, 3.63) is 45.6 Å². The third-order valence-electron chi connectivity index (χ3n) is 2.52. The first-order valence-corrected chi connectivity index (χ1v) is 6.29. The van der Waals surface area contributed by atoms with Crippen LogP contribution in [0.1, 0.15) is 21.5 Å². The Labute approximate surface area is 109 Å². The minimum Gasteiger partial charge on any atom is -0.507 e. The molecule has 1 heterocycles. The number of primary amides is 1. The fraction of sp³-hybridized carbons (Fsp3) is 0.154. The smallest absolute Gasteiger partial charge is 0.252 e. The summed E-state index contributed by atoms with van der Waals surface area (Å²) in [7, 11) is 0. The average Bonchev–Trinajstić information content (AvgIpc) is 2.77. The molecule has 0 bridgehead atoms. The highest BCUT2D eigenvalue weighted by Gasteiger charge is 2.13. The number of carbonyl (C=O) groups is 1. The van der Waals surface area contributed by atoms with Crippen molar-refractivity contribution >= 4 is 17.2 Å². The minimum atomic E-state index is -0.644. The molecule has 0 aliphatic rings. The number of nitrogens with two attached hydrogens (primary N) is 1. The third kappa shape index (κ3) is 2.62. The molecule has 18 heavy (non-hydrogen) atoms. The first-order valence-electron chi connectivity index (χ1n) is 5.35. The van der Waals surface area contributed by atoms with Gasteiger partial charge in [-0.05, 0) is 40.9 Å². The van der Waals surface area contributed by atoms with Gasteiger partial charge >= 0.3 is 0 Å². The van der Waals surface area contributed by atoms with Crippen molar-refractivity contribution in [3.8, 4) is 11.5 Å². The summed E-state index contributed by atoms with van der Waals surface area (Å²) in [5.41, 5.74) is 6.98. The fourth-order valence-corrected chi connectivity index (χ4v) is 2.33. The predicted octanol–water partition coefficient (Wildman–Crippen LogP) is 2.44. The maximum atomic E-state index is 11.1. The summed E-state index contributed by atoms with van der Waals surface area (Å²) in [6, 6.07) is 5.06. The lowest BCUT2D eigenvalue weighted by atomic mass is 10.1. The predicted molar refractivity (Wildman–Crippen MR) is 70.0 cm³/mol. The van der Waals surface area contributed by atoms with E-state index < -0.39 is 5.91 Å². The van der Waals surface area contributed by atoms with E-state index in [9.17, 15) is 9.90 Å². The van der Waals surface area contributed by atoms with E-state index in [-0.39, 0.29) is 11.3 Å². The zero-order valence-corrected chi connectivity index (χ0v) is 10.7. The van der Waals surface area contributed by atoms with Crippen LogP contribution < -0.4 is 10.5 Å². The number of amides is 1. The first-order chi connectivity index (χ1) is 8.58. The molecule has 0 saturated heterocycles. The van der Waals surface area contributed by atoms with Crippen molar-refractivity contribution < 1.29 is 14.6 Å². The number of thiophene rings is 1. The second-order valence-corrected chi connectivity index (χ2v) is 4.70. The van der Waals surface area contributed by atoms with Gasteiger partial charge in [0.15, 0.2) is 0 Å². The van der Waals surface area contributed by atoms with Crippen LogP contribution in [0.3, 0.4) is 0 Å². The van der Waals surface area contributed by atoms with E-state index in [1.54, 1.807) is 24.3 Å². The zero-order chi connectivity index (χ0) is 13.1. The van der Waals surface area contributed by atoms with Gasteiger partial charge in [-0.1, -0.05) is 0 Å². The Hall–Kier alpha value is -2.01. The Balaban J connectivity index is 2.18. The minimum absolute atomic E-state index is 0.137. The molecule has 5 heteroatoms. The molecule has 0 atom stereocenters. The standard InChI is InChI=1S/C13H13NO3S/c1-8-4-10(5-11(15)12(8)13(14)16)17-6-9-2-3-18-7-9/h2-5,7,15H,6H2,1H3,(H2,14,16). The van der Waals surface area contributed by atoms with Crippen LogP contribution in [-0.2, 0) is 6.61 Å².